The number of rotatable bonds is 4. The van der Waals surface area contributed by atoms with E-state index in [1.54, 1.807) is 20.3 Å². The molecule has 2 heterocycles. The van der Waals surface area contributed by atoms with Crippen LogP contribution in [0.5, 0.6) is 11.5 Å². The van der Waals surface area contributed by atoms with Crippen molar-refractivity contribution in [1.82, 2.24) is 10.2 Å². The van der Waals surface area contributed by atoms with Crippen molar-refractivity contribution in [2.45, 2.75) is 37.1 Å². The average Bonchev–Trinajstić information content (AvgIpc) is 3.27. The molecule has 3 atom stereocenters. The molecule has 0 amide bonds. The Kier molecular flexibility index (Phi) is 5.25. The van der Waals surface area contributed by atoms with Crippen LogP contribution < -0.4 is 15.2 Å². The number of nitrogens with one attached hydrogen (secondary N) is 1. The second kappa shape index (κ2) is 7.51. The van der Waals surface area contributed by atoms with Gasteiger partial charge in [-0.3, -0.25) is 5.10 Å². The monoisotopic (exact) mass is 411 g/mol. The van der Waals surface area contributed by atoms with Gasteiger partial charge in [0.05, 0.1) is 43.2 Å². The molecule has 27 heavy (non-hydrogen) atoms. The lowest BCUT2D eigenvalue weighted by Crippen LogP contribution is -2.28. The molecule has 1 fully saturated rings. The molecule has 0 bridgehead atoms. The van der Waals surface area contributed by atoms with Gasteiger partial charge in [0.15, 0.2) is 0 Å². The second-order valence-electron chi connectivity index (χ2n) is 7.13. The SMILES string of the molecule is COc1cc(OC)c(Cl)c(C2CCc3c(n[nH]c3[C@H]3COC[C@H]3N)C2)c1Cl. The topological polar surface area (TPSA) is 82.4 Å². The zero-order valence-corrected chi connectivity index (χ0v) is 16.9. The molecule has 3 N–H and O–H groups in total. The summed E-state index contributed by atoms with van der Waals surface area (Å²) in [4.78, 5) is 0. The molecule has 6 nitrogen and oxygen atoms in total. The molecule has 1 unspecified atom stereocenters. The maximum Gasteiger partial charge on any atom is 0.141 e. The molecule has 1 saturated heterocycles. The quantitative estimate of drug-likeness (QED) is 0.804. The van der Waals surface area contributed by atoms with Crippen LogP contribution in [0.3, 0.4) is 0 Å². The Balaban J connectivity index is 1.67. The van der Waals surface area contributed by atoms with Crippen LogP contribution in [0.4, 0.5) is 0 Å². The summed E-state index contributed by atoms with van der Waals surface area (Å²) >= 11 is 13.2. The van der Waals surface area contributed by atoms with Crippen LogP contribution >= 0.6 is 23.2 Å². The summed E-state index contributed by atoms with van der Waals surface area (Å²) in [5.74, 6) is 1.46. The Bertz CT molecular complexity index is 827. The van der Waals surface area contributed by atoms with Crippen molar-refractivity contribution < 1.29 is 14.2 Å². The van der Waals surface area contributed by atoms with E-state index >= 15 is 0 Å². The summed E-state index contributed by atoms with van der Waals surface area (Å²) < 4.78 is 16.3. The van der Waals surface area contributed by atoms with Gasteiger partial charge in [-0.15, -0.1) is 0 Å². The maximum atomic E-state index is 6.61. The molecule has 0 saturated carbocycles. The standard InChI is InChI=1S/C19H23Cl2N3O3/c1-25-14-6-15(26-2)18(21)16(17(14)20)9-3-4-10-13(5-9)23-24-19(10)11-7-27-8-12(11)22/h6,9,11-12H,3-5,7-8,22H2,1-2H3,(H,23,24)/t9?,11-,12+/m0/s1. The van der Waals surface area contributed by atoms with Crippen molar-refractivity contribution >= 4 is 23.2 Å². The fourth-order valence-corrected chi connectivity index (χ4v) is 5.01. The van der Waals surface area contributed by atoms with Gasteiger partial charge in [0.25, 0.3) is 0 Å². The third-order valence-corrected chi connectivity index (χ3v) is 6.46. The molecule has 146 valence electrons. The van der Waals surface area contributed by atoms with E-state index in [1.807, 2.05) is 0 Å². The molecular formula is C19H23Cl2N3O3. The summed E-state index contributed by atoms with van der Waals surface area (Å²) in [7, 11) is 3.18. The Morgan fingerprint density at radius 1 is 1.19 bits per heavy atom. The lowest BCUT2D eigenvalue weighted by molar-refractivity contribution is 0.190. The number of nitrogens with zero attached hydrogens (tertiary/aromatic N) is 1. The van der Waals surface area contributed by atoms with E-state index < -0.39 is 0 Å². The third-order valence-electron chi connectivity index (χ3n) is 5.68. The zero-order chi connectivity index (χ0) is 19.1. The number of benzene rings is 1. The Hall–Kier alpha value is -1.47. The molecular weight excluding hydrogens is 389 g/mol. The highest BCUT2D eigenvalue weighted by Crippen LogP contribution is 2.47. The highest BCUT2D eigenvalue weighted by molar-refractivity contribution is 6.38. The Morgan fingerprint density at radius 2 is 1.89 bits per heavy atom. The molecule has 0 radical (unpaired) electrons. The van der Waals surface area contributed by atoms with E-state index in [-0.39, 0.29) is 17.9 Å². The summed E-state index contributed by atoms with van der Waals surface area (Å²) in [5, 5.41) is 8.86. The molecule has 1 aliphatic heterocycles. The van der Waals surface area contributed by atoms with Crippen molar-refractivity contribution in [3.8, 4) is 11.5 Å². The fourth-order valence-electron chi connectivity index (χ4n) is 4.20. The number of hydrogen-bond donors (Lipinski definition) is 2. The van der Waals surface area contributed by atoms with E-state index in [1.165, 1.54) is 5.56 Å². The van der Waals surface area contributed by atoms with Gasteiger partial charge in [-0.25, -0.2) is 0 Å². The Labute approximate surface area is 168 Å². The first-order valence-electron chi connectivity index (χ1n) is 9.04. The van der Waals surface area contributed by atoms with Crippen LogP contribution in [-0.2, 0) is 17.6 Å². The van der Waals surface area contributed by atoms with E-state index in [0.29, 0.717) is 34.8 Å². The minimum absolute atomic E-state index is 0.0128. The van der Waals surface area contributed by atoms with Crippen molar-refractivity contribution in [1.29, 1.82) is 0 Å². The lowest BCUT2D eigenvalue weighted by Gasteiger charge is -2.26. The van der Waals surface area contributed by atoms with Gasteiger partial charge in [0.2, 0.25) is 0 Å². The second-order valence-corrected chi connectivity index (χ2v) is 7.89. The van der Waals surface area contributed by atoms with Crippen LogP contribution in [0.25, 0.3) is 0 Å². The molecule has 1 aliphatic carbocycles. The number of fused-ring (bicyclic) bond motifs is 1. The average molecular weight is 412 g/mol. The number of aromatic amines is 1. The predicted molar refractivity (Wildman–Crippen MR) is 104 cm³/mol. The van der Waals surface area contributed by atoms with Gasteiger partial charge in [0, 0.05) is 29.3 Å². The lowest BCUT2D eigenvalue weighted by atomic mass is 9.80. The number of ether oxygens (including phenoxy) is 3. The van der Waals surface area contributed by atoms with Crippen LogP contribution in [-0.4, -0.2) is 43.7 Å². The van der Waals surface area contributed by atoms with Crippen molar-refractivity contribution in [2.24, 2.45) is 5.73 Å². The number of nitrogens with two attached hydrogens (primary N) is 1. The van der Waals surface area contributed by atoms with Gasteiger partial charge in [-0.05, 0) is 30.7 Å². The zero-order valence-electron chi connectivity index (χ0n) is 15.4. The van der Waals surface area contributed by atoms with Crippen molar-refractivity contribution in [2.75, 3.05) is 27.4 Å². The first-order valence-corrected chi connectivity index (χ1v) is 9.79. The number of halogens is 2. The number of H-pyrrole nitrogens is 1. The highest BCUT2D eigenvalue weighted by Gasteiger charge is 2.35. The number of aromatic nitrogens is 2. The van der Waals surface area contributed by atoms with Crippen molar-refractivity contribution in [3.05, 3.63) is 38.6 Å². The molecule has 2 aliphatic rings. The van der Waals surface area contributed by atoms with Gasteiger partial charge >= 0.3 is 0 Å². The minimum Gasteiger partial charge on any atom is -0.495 e. The van der Waals surface area contributed by atoms with Gasteiger partial charge in [0.1, 0.15) is 11.5 Å². The Morgan fingerprint density at radius 3 is 2.48 bits per heavy atom. The van der Waals surface area contributed by atoms with E-state index in [4.69, 9.17) is 43.1 Å². The smallest absolute Gasteiger partial charge is 0.141 e. The third kappa shape index (κ3) is 3.18. The van der Waals surface area contributed by atoms with Crippen LogP contribution in [0.1, 0.15) is 40.8 Å². The van der Waals surface area contributed by atoms with Crippen LogP contribution in [0.2, 0.25) is 10.0 Å². The van der Waals surface area contributed by atoms with E-state index in [2.05, 4.69) is 10.2 Å². The largest absolute Gasteiger partial charge is 0.495 e. The molecule has 8 heteroatoms. The van der Waals surface area contributed by atoms with Crippen LogP contribution in [0, 0.1) is 0 Å². The summed E-state index contributed by atoms with van der Waals surface area (Å²) in [6.07, 6.45) is 2.56. The summed E-state index contributed by atoms with van der Waals surface area (Å²) in [6.45, 7) is 1.24. The predicted octanol–water partition coefficient (Wildman–Crippen LogP) is 3.45. The van der Waals surface area contributed by atoms with Gasteiger partial charge in [-0.2, -0.15) is 5.10 Å². The first-order chi connectivity index (χ1) is 13.0. The molecule has 1 aromatic carbocycles. The fraction of sp³-hybridized carbons (Fsp3) is 0.526. The molecule has 0 spiro atoms. The highest BCUT2D eigenvalue weighted by atomic mass is 35.5. The van der Waals surface area contributed by atoms with E-state index in [0.717, 1.165) is 36.2 Å². The minimum atomic E-state index is 0.0128. The maximum absolute atomic E-state index is 6.61. The summed E-state index contributed by atoms with van der Waals surface area (Å²) in [6, 6.07) is 1.73. The molecule has 2 aromatic rings. The summed E-state index contributed by atoms with van der Waals surface area (Å²) in [5.41, 5.74) is 10.5. The van der Waals surface area contributed by atoms with E-state index in [9.17, 15) is 0 Å². The number of methoxy groups -OCH3 is 2. The normalized spacial score (nSPS) is 24.7. The molecule has 1 aromatic heterocycles. The first kappa shape index (κ1) is 18.9. The van der Waals surface area contributed by atoms with Crippen LogP contribution in [0.15, 0.2) is 6.07 Å². The van der Waals surface area contributed by atoms with Crippen molar-refractivity contribution in [3.63, 3.8) is 0 Å². The number of hydrogen-bond acceptors (Lipinski definition) is 5. The van der Waals surface area contributed by atoms with Gasteiger partial charge in [-0.1, -0.05) is 23.2 Å². The molecule has 4 rings (SSSR count). The van der Waals surface area contributed by atoms with Gasteiger partial charge < -0.3 is 19.9 Å².